The number of carbonyl (C=O) groups is 1. The number of hydrogen-bond donors (Lipinski definition) is 1. The van der Waals surface area contributed by atoms with E-state index in [0.29, 0.717) is 43.3 Å². The fraction of sp³-hybridized carbons (Fsp3) is 0.455. The Morgan fingerprint density at radius 1 is 1.19 bits per heavy atom. The van der Waals surface area contributed by atoms with Crippen LogP contribution in [0, 0.1) is 5.82 Å². The minimum Gasteiger partial charge on any atom is -0.494 e. The number of nitrogens with one attached hydrogen (secondary N) is 1. The topological polar surface area (TPSA) is 60.9 Å². The second kappa shape index (κ2) is 11.0. The summed E-state index contributed by atoms with van der Waals surface area (Å²) in [7, 11) is 5.05. The van der Waals surface area contributed by atoms with Gasteiger partial charge in [-0.2, -0.15) is 0 Å². The number of anilines is 3. The minimum absolute atomic E-state index is 0. The molecule has 1 N–H and O–H groups in total. The fourth-order valence-corrected chi connectivity index (χ4v) is 3.60. The molecule has 0 spiro atoms. The molecule has 2 aromatic rings. The van der Waals surface area contributed by atoms with E-state index in [9.17, 15) is 9.18 Å². The summed E-state index contributed by atoms with van der Waals surface area (Å²) in [6.45, 7) is 5.69. The molecule has 1 fully saturated rings. The van der Waals surface area contributed by atoms with Crippen molar-refractivity contribution < 1.29 is 13.9 Å². The van der Waals surface area contributed by atoms with Crippen molar-refractivity contribution in [3.63, 3.8) is 0 Å². The zero-order valence-corrected chi connectivity index (χ0v) is 19.3. The first-order valence-electron chi connectivity index (χ1n) is 10.2. The van der Waals surface area contributed by atoms with Gasteiger partial charge in [0.15, 0.2) is 0 Å². The minimum atomic E-state index is -0.318. The molecule has 1 aromatic heterocycles. The van der Waals surface area contributed by atoms with Gasteiger partial charge in [-0.05, 0) is 24.6 Å². The number of aromatic nitrogens is 1. The molecule has 170 valence electrons. The summed E-state index contributed by atoms with van der Waals surface area (Å²) < 4.78 is 18.9. The Morgan fingerprint density at radius 3 is 2.48 bits per heavy atom. The van der Waals surface area contributed by atoms with Gasteiger partial charge in [-0.3, -0.25) is 4.79 Å². The van der Waals surface area contributed by atoms with Crippen LogP contribution in [0.3, 0.4) is 0 Å². The predicted molar refractivity (Wildman–Crippen MR) is 126 cm³/mol. The van der Waals surface area contributed by atoms with E-state index in [1.54, 1.807) is 38.4 Å². The van der Waals surface area contributed by atoms with Crippen LogP contribution in [0.2, 0.25) is 0 Å². The summed E-state index contributed by atoms with van der Waals surface area (Å²) in [6, 6.07) is 6.45. The number of piperazine rings is 1. The molecule has 1 aliphatic heterocycles. The monoisotopic (exact) mass is 451 g/mol. The molecule has 0 aliphatic carbocycles. The Labute approximate surface area is 189 Å². The highest BCUT2D eigenvalue weighted by atomic mass is 35.5. The zero-order chi connectivity index (χ0) is 21.7. The molecule has 1 aromatic carbocycles. The van der Waals surface area contributed by atoms with Crippen LogP contribution in [0.25, 0.3) is 0 Å². The zero-order valence-electron chi connectivity index (χ0n) is 18.5. The molecule has 1 saturated heterocycles. The Hall–Kier alpha value is -2.74. The second-order valence-electron chi connectivity index (χ2n) is 7.47. The van der Waals surface area contributed by atoms with Crippen LogP contribution < -0.4 is 19.9 Å². The summed E-state index contributed by atoms with van der Waals surface area (Å²) in [6.07, 6.45) is 2.71. The number of halogens is 2. The van der Waals surface area contributed by atoms with E-state index in [1.165, 1.54) is 12.1 Å². The highest BCUT2D eigenvalue weighted by Crippen LogP contribution is 2.32. The first-order valence-corrected chi connectivity index (χ1v) is 10.2. The highest BCUT2D eigenvalue weighted by Gasteiger charge is 2.27. The molecule has 1 amide bonds. The van der Waals surface area contributed by atoms with E-state index < -0.39 is 0 Å². The summed E-state index contributed by atoms with van der Waals surface area (Å²) in [5.41, 5.74) is 2.28. The summed E-state index contributed by atoms with van der Waals surface area (Å²) >= 11 is 0. The molecule has 0 radical (unpaired) electrons. The lowest BCUT2D eigenvalue weighted by molar-refractivity contribution is 0.0828. The Balaban J connectivity index is 0.00000341. The molecule has 31 heavy (non-hydrogen) atoms. The molecule has 3 rings (SSSR count). The number of amides is 1. The number of pyridine rings is 1. The maximum Gasteiger partial charge on any atom is 0.259 e. The molecule has 2 heterocycles. The maximum atomic E-state index is 13.5. The first-order chi connectivity index (χ1) is 14.5. The highest BCUT2D eigenvalue weighted by molar-refractivity contribution is 6.04. The van der Waals surface area contributed by atoms with Crippen molar-refractivity contribution in [3.05, 3.63) is 41.8 Å². The lowest BCUT2D eigenvalue weighted by atomic mass is 10.1. The van der Waals surface area contributed by atoms with Crippen LogP contribution in [0.4, 0.5) is 21.6 Å². The van der Waals surface area contributed by atoms with E-state index in [4.69, 9.17) is 4.74 Å². The van der Waals surface area contributed by atoms with Crippen LogP contribution in [-0.2, 0) is 0 Å². The van der Waals surface area contributed by atoms with Gasteiger partial charge in [0.25, 0.3) is 5.91 Å². The summed E-state index contributed by atoms with van der Waals surface area (Å²) in [4.78, 5) is 23.4. The van der Waals surface area contributed by atoms with Gasteiger partial charge in [-0.15, -0.1) is 12.4 Å². The van der Waals surface area contributed by atoms with Crippen molar-refractivity contribution in [2.75, 3.05) is 69.0 Å². The van der Waals surface area contributed by atoms with Gasteiger partial charge in [0.2, 0.25) is 0 Å². The summed E-state index contributed by atoms with van der Waals surface area (Å²) in [5.74, 6) is 0.831. The van der Waals surface area contributed by atoms with Crippen molar-refractivity contribution in [2.45, 2.75) is 13.3 Å². The van der Waals surface area contributed by atoms with Crippen molar-refractivity contribution in [3.8, 4) is 5.75 Å². The van der Waals surface area contributed by atoms with E-state index in [0.717, 1.165) is 24.3 Å². The first kappa shape index (κ1) is 24.5. The van der Waals surface area contributed by atoms with Crippen LogP contribution in [0.5, 0.6) is 5.75 Å². The normalized spacial score (nSPS) is 13.5. The summed E-state index contributed by atoms with van der Waals surface area (Å²) in [5, 5.41) is 3.36. The molecule has 0 unspecified atom stereocenters. The number of ether oxygens (including phenoxy) is 1. The van der Waals surface area contributed by atoms with E-state index in [2.05, 4.69) is 27.0 Å². The maximum absolute atomic E-state index is 13.5. The average Bonchev–Trinajstić information content (AvgIpc) is 2.76. The predicted octanol–water partition coefficient (Wildman–Crippen LogP) is 3.50. The number of hydrogen-bond acceptors (Lipinski definition) is 6. The number of carbonyl (C=O) groups excluding carboxylic acids is 1. The lowest BCUT2D eigenvalue weighted by Gasteiger charge is -2.38. The third kappa shape index (κ3) is 5.50. The van der Waals surface area contributed by atoms with Crippen LogP contribution in [0.15, 0.2) is 30.5 Å². The molecule has 0 saturated carbocycles. The van der Waals surface area contributed by atoms with Gasteiger partial charge in [-0.25, -0.2) is 9.37 Å². The SMILES string of the molecule is CCCNc1ccnc(N2CCN(c3ccc(F)cc3OC)CC2)c1C(=O)N(C)C.Cl. The third-order valence-electron chi connectivity index (χ3n) is 5.18. The molecule has 0 bridgehead atoms. The van der Waals surface area contributed by atoms with Gasteiger partial charge in [-0.1, -0.05) is 6.92 Å². The Bertz CT molecular complexity index is 888. The molecular weight excluding hydrogens is 421 g/mol. The fourth-order valence-electron chi connectivity index (χ4n) is 3.60. The van der Waals surface area contributed by atoms with E-state index >= 15 is 0 Å². The van der Waals surface area contributed by atoms with E-state index in [-0.39, 0.29) is 24.1 Å². The van der Waals surface area contributed by atoms with Crippen LogP contribution in [-0.4, -0.2) is 69.7 Å². The number of benzene rings is 1. The van der Waals surface area contributed by atoms with Crippen molar-refractivity contribution in [2.24, 2.45) is 0 Å². The van der Waals surface area contributed by atoms with Crippen molar-refractivity contribution in [1.29, 1.82) is 0 Å². The van der Waals surface area contributed by atoms with Gasteiger partial charge < -0.3 is 24.8 Å². The molecular formula is C22H31ClFN5O2. The molecule has 9 heteroatoms. The van der Waals surface area contributed by atoms with Crippen molar-refractivity contribution >= 4 is 35.5 Å². The van der Waals surface area contributed by atoms with E-state index in [1.807, 2.05) is 6.07 Å². The second-order valence-corrected chi connectivity index (χ2v) is 7.47. The molecule has 1 aliphatic rings. The quantitative estimate of drug-likeness (QED) is 0.695. The van der Waals surface area contributed by atoms with Gasteiger partial charge >= 0.3 is 0 Å². The Morgan fingerprint density at radius 2 is 1.87 bits per heavy atom. The standard InChI is InChI=1S/C22H30FN5O2.ClH/c1-5-9-24-17-8-10-25-21(20(17)22(29)26(2)3)28-13-11-27(12-14-28)18-7-6-16(23)15-19(18)30-4;/h6-8,10,15H,5,9,11-14H2,1-4H3,(H,24,25);1H. The Kier molecular flexibility index (Phi) is 8.74. The van der Waals surface area contributed by atoms with Gasteiger partial charge in [0.05, 0.1) is 18.5 Å². The van der Waals surface area contributed by atoms with Crippen LogP contribution >= 0.6 is 12.4 Å². The van der Waals surface area contributed by atoms with Gasteiger partial charge in [0, 0.05) is 59.1 Å². The average molecular weight is 452 g/mol. The largest absolute Gasteiger partial charge is 0.494 e. The number of methoxy groups -OCH3 is 1. The third-order valence-corrected chi connectivity index (χ3v) is 5.18. The van der Waals surface area contributed by atoms with Gasteiger partial charge in [0.1, 0.15) is 22.9 Å². The molecule has 7 nitrogen and oxygen atoms in total. The smallest absolute Gasteiger partial charge is 0.259 e. The lowest BCUT2D eigenvalue weighted by Crippen LogP contribution is -2.47. The van der Waals surface area contributed by atoms with Crippen molar-refractivity contribution in [1.82, 2.24) is 9.88 Å². The van der Waals surface area contributed by atoms with Crippen LogP contribution in [0.1, 0.15) is 23.7 Å². The number of rotatable bonds is 7. The molecule has 0 atom stereocenters. The number of nitrogens with zero attached hydrogens (tertiary/aromatic N) is 4.